The maximum Gasteiger partial charge on any atom is 0.500 e. The number of unbranched alkanes of at least 4 members (excludes halogenated alkanes) is 17. The average molecular weight is 487 g/mol. The van der Waals surface area contributed by atoms with Crippen LogP contribution in [0, 0.1) is 0 Å². The lowest BCUT2D eigenvalue weighted by molar-refractivity contribution is 0.0586. The molecule has 33 heavy (non-hydrogen) atoms. The van der Waals surface area contributed by atoms with E-state index in [4.69, 9.17) is 13.3 Å². The molecule has 0 aliphatic rings. The molecule has 3 nitrogen and oxygen atoms in total. The lowest BCUT2D eigenvalue weighted by Gasteiger charge is -2.29. The highest BCUT2D eigenvalue weighted by atomic mass is 28.4. The van der Waals surface area contributed by atoms with Gasteiger partial charge in [-0.15, -0.1) is 0 Å². The Bertz CT molecular complexity index is 343. The summed E-state index contributed by atoms with van der Waals surface area (Å²) >= 11 is 0. The molecule has 0 saturated heterocycles. The third-order valence-corrected chi connectivity index (χ3v) is 9.31. The fourth-order valence-electron chi connectivity index (χ4n) is 4.36. The molecule has 0 aliphatic carbocycles. The zero-order valence-electron chi connectivity index (χ0n) is 23.4. The van der Waals surface area contributed by atoms with E-state index in [9.17, 15) is 0 Å². The fraction of sp³-hybridized carbons (Fsp3) is 1.00. The molecular formula is C29H62O3Si. The third kappa shape index (κ3) is 22.3. The van der Waals surface area contributed by atoms with Crippen LogP contribution in [-0.4, -0.2) is 28.6 Å². The normalized spacial score (nSPS) is 12.0. The summed E-state index contributed by atoms with van der Waals surface area (Å²) in [5.74, 6) is 0. The second-order valence-corrected chi connectivity index (χ2v) is 12.7. The van der Waals surface area contributed by atoms with E-state index >= 15 is 0 Å². The van der Waals surface area contributed by atoms with Crippen LogP contribution in [0.2, 0.25) is 6.04 Å². The van der Waals surface area contributed by atoms with Gasteiger partial charge in [-0.2, -0.15) is 0 Å². The molecule has 0 rings (SSSR count). The Morgan fingerprint density at radius 2 is 0.606 bits per heavy atom. The van der Waals surface area contributed by atoms with Gasteiger partial charge in [0.05, 0.1) is 0 Å². The van der Waals surface area contributed by atoms with Crippen LogP contribution >= 0.6 is 0 Å². The molecule has 0 heterocycles. The number of rotatable bonds is 28. The molecule has 0 unspecified atom stereocenters. The molecule has 0 aromatic carbocycles. The summed E-state index contributed by atoms with van der Waals surface area (Å²) in [6.07, 6.45) is 28.5. The largest absolute Gasteiger partial charge is 0.500 e. The molecule has 0 N–H and O–H groups in total. The molecule has 0 amide bonds. The Hall–Kier alpha value is 0.0969. The van der Waals surface area contributed by atoms with Gasteiger partial charge in [0.25, 0.3) is 0 Å². The monoisotopic (exact) mass is 486 g/mol. The lowest BCUT2D eigenvalue weighted by Crippen LogP contribution is -2.46. The SMILES string of the molecule is CCCCCCCCCCCCCCCCCCCC[Si](OCCC)(OCCC)OCCC. The number of hydrogen-bond acceptors (Lipinski definition) is 3. The second kappa shape index (κ2) is 26.7. The van der Waals surface area contributed by atoms with Crippen LogP contribution in [0.4, 0.5) is 0 Å². The second-order valence-electron chi connectivity index (χ2n) is 9.99. The van der Waals surface area contributed by atoms with Crippen molar-refractivity contribution in [1.29, 1.82) is 0 Å². The first-order chi connectivity index (χ1) is 16.2. The van der Waals surface area contributed by atoms with Crippen molar-refractivity contribution in [3.63, 3.8) is 0 Å². The van der Waals surface area contributed by atoms with Crippen LogP contribution in [0.1, 0.15) is 163 Å². The van der Waals surface area contributed by atoms with Crippen LogP contribution in [0.15, 0.2) is 0 Å². The first-order valence-electron chi connectivity index (χ1n) is 15.2. The Labute approximate surface area is 210 Å². The summed E-state index contributed by atoms with van der Waals surface area (Å²) < 4.78 is 18.6. The minimum Gasteiger partial charge on any atom is -0.373 e. The highest BCUT2D eigenvalue weighted by Crippen LogP contribution is 2.22. The Kier molecular flexibility index (Phi) is 26.8. The van der Waals surface area contributed by atoms with Crippen LogP contribution in [0.25, 0.3) is 0 Å². The quantitative estimate of drug-likeness (QED) is 0.0813. The van der Waals surface area contributed by atoms with Crippen molar-refractivity contribution in [3.8, 4) is 0 Å². The first kappa shape index (κ1) is 33.1. The Balaban J connectivity index is 3.63. The molecular weight excluding hydrogens is 424 g/mol. The van der Waals surface area contributed by atoms with Gasteiger partial charge >= 0.3 is 8.80 Å². The predicted octanol–water partition coefficient (Wildman–Crippen LogP) is 10.2. The van der Waals surface area contributed by atoms with Crippen LogP contribution < -0.4 is 0 Å². The van der Waals surface area contributed by atoms with Gasteiger partial charge in [-0.05, 0) is 25.7 Å². The molecule has 0 bridgehead atoms. The van der Waals surface area contributed by atoms with E-state index < -0.39 is 8.80 Å². The molecule has 0 atom stereocenters. The van der Waals surface area contributed by atoms with Gasteiger partial charge in [0, 0.05) is 25.9 Å². The standard InChI is InChI=1S/C29H62O3Si/c1-5-9-10-11-12-13-14-15-16-17-18-19-20-21-22-23-24-25-29-33(30-26-6-2,31-27-7-3)32-28-8-4/h5-29H2,1-4H3. The molecule has 4 heteroatoms. The van der Waals surface area contributed by atoms with Gasteiger partial charge in [0.15, 0.2) is 0 Å². The van der Waals surface area contributed by atoms with E-state index in [1.54, 1.807) is 0 Å². The van der Waals surface area contributed by atoms with Crippen molar-refractivity contribution < 1.29 is 13.3 Å². The summed E-state index contributed by atoms with van der Waals surface area (Å²) in [6, 6.07) is 0.992. The average Bonchev–Trinajstić information content (AvgIpc) is 2.83. The van der Waals surface area contributed by atoms with E-state index in [1.165, 1.54) is 116 Å². The van der Waals surface area contributed by atoms with Gasteiger partial charge in [0.1, 0.15) is 0 Å². The third-order valence-electron chi connectivity index (χ3n) is 6.41. The molecule has 200 valence electrons. The molecule has 0 saturated carbocycles. The van der Waals surface area contributed by atoms with E-state index in [0.29, 0.717) is 0 Å². The molecule has 0 aromatic heterocycles. The molecule has 0 aliphatic heterocycles. The minimum atomic E-state index is -2.47. The van der Waals surface area contributed by atoms with Crippen molar-refractivity contribution in [2.24, 2.45) is 0 Å². The van der Waals surface area contributed by atoms with Crippen LogP contribution in [0.5, 0.6) is 0 Å². The zero-order chi connectivity index (χ0) is 24.3. The van der Waals surface area contributed by atoms with Crippen molar-refractivity contribution in [2.75, 3.05) is 19.8 Å². The molecule has 0 fully saturated rings. The summed E-state index contributed by atoms with van der Waals surface area (Å²) in [5.41, 5.74) is 0. The summed E-state index contributed by atoms with van der Waals surface area (Å²) in [4.78, 5) is 0. The van der Waals surface area contributed by atoms with Crippen LogP contribution in [0.3, 0.4) is 0 Å². The lowest BCUT2D eigenvalue weighted by atomic mass is 10.0. The zero-order valence-corrected chi connectivity index (χ0v) is 24.4. The van der Waals surface area contributed by atoms with Crippen molar-refractivity contribution in [1.82, 2.24) is 0 Å². The molecule has 0 aromatic rings. The Morgan fingerprint density at radius 1 is 0.333 bits per heavy atom. The number of hydrogen-bond donors (Lipinski definition) is 0. The first-order valence-corrected chi connectivity index (χ1v) is 17.1. The molecule has 0 spiro atoms. The topological polar surface area (TPSA) is 27.7 Å². The van der Waals surface area contributed by atoms with Gasteiger partial charge in [-0.25, -0.2) is 0 Å². The van der Waals surface area contributed by atoms with Crippen molar-refractivity contribution >= 4 is 8.80 Å². The smallest absolute Gasteiger partial charge is 0.373 e. The fourth-order valence-corrected chi connectivity index (χ4v) is 7.27. The Morgan fingerprint density at radius 3 is 0.879 bits per heavy atom. The highest BCUT2D eigenvalue weighted by Gasteiger charge is 2.40. The summed E-state index contributed by atoms with van der Waals surface area (Å²) in [6.45, 7) is 11.1. The maximum atomic E-state index is 6.21. The van der Waals surface area contributed by atoms with Gasteiger partial charge in [-0.1, -0.05) is 137 Å². The van der Waals surface area contributed by atoms with Gasteiger partial charge in [-0.3, -0.25) is 0 Å². The van der Waals surface area contributed by atoms with Crippen LogP contribution in [-0.2, 0) is 13.3 Å². The van der Waals surface area contributed by atoms with Crippen molar-refractivity contribution in [2.45, 2.75) is 169 Å². The predicted molar refractivity (Wildman–Crippen MR) is 148 cm³/mol. The minimum absolute atomic E-state index is 0.763. The maximum absolute atomic E-state index is 6.21. The molecule has 0 radical (unpaired) electrons. The van der Waals surface area contributed by atoms with Gasteiger partial charge < -0.3 is 13.3 Å². The van der Waals surface area contributed by atoms with Gasteiger partial charge in [0.2, 0.25) is 0 Å². The summed E-state index contributed by atoms with van der Waals surface area (Å²) in [5, 5.41) is 0. The summed E-state index contributed by atoms with van der Waals surface area (Å²) in [7, 11) is -2.47. The van der Waals surface area contributed by atoms with E-state index in [-0.39, 0.29) is 0 Å². The van der Waals surface area contributed by atoms with Crippen molar-refractivity contribution in [3.05, 3.63) is 0 Å². The highest BCUT2D eigenvalue weighted by molar-refractivity contribution is 6.60. The van der Waals surface area contributed by atoms with E-state index in [1.807, 2.05) is 0 Å². The van der Waals surface area contributed by atoms with E-state index in [0.717, 1.165) is 45.1 Å². The van der Waals surface area contributed by atoms with E-state index in [2.05, 4.69) is 27.7 Å².